The van der Waals surface area contributed by atoms with E-state index in [1.54, 1.807) is 0 Å². The van der Waals surface area contributed by atoms with Gasteiger partial charge < -0.3 is 11.1 Å². The Morgan fingerprint density at radius 2 is 2.06 bits per heavy atom. The predicted octanol–water partition coefficient (Wildman–Crippen LogP) is 3.03. The van der Waals surface area contributed by atoms with Gasteiger partial charge in [0, 0.05) is 40.6 Å². The van der Waals surface area contributed by atoms with E-state index in [-0.39, 0.29) is 0 Å². The van der Waals surface area contributed by atoms with Crippen molar-refractivity contribution in [2.24, 2.45) is 5.92 Å². The van der Waals surface area contributed by atoms with E-state index < -0.39 is 0 Å². The maximum absolute atomic E-state index is 5.96. The van der Waals surface area contributed by atoms with E-state index in [2.05, 4.69) is 23.3 Å². The lowest BCUT2D eigenvalue weighted by atomic mass is 9.81. The summed E-state index contributed by atoms with van der Waals surface area (Å²) < 4.78 is 0. The maximum atomic E-state index is 5.96. The van der Waals surface area contributed by atoms with Crippen molar-refractivity contribution >= 4 is 22.1 Å². The molecule has 0 saturated heterocycles. The first-order chi connectivity index (χ1) is 8.24. The fourth-order valence-corrected chi connectivity index (χ4v) is 2.58. The average molecular weight is 227 g/mol. The van der Waals surface area contributed by atoms with Gasteiger partial charge in [-0.1, -0.05) is 6.92 Å². The number of pyridine rings is 1. The first-order valence-electron chi connectivity index (χ1n) is 6.13. The number of hydrogen-bond donors (Lipinski definition) is 2. The zero-order chi connectivity index (χ0) is 11.8. The molecule has 1 aliphatic carbocycles. The van der Waals surface area contributed by atoms with Crippen molar-refractivity contribution in [1.29, 1.82) is 0 Å². The summed E-state index contributed by atoms with van der Waals surface area (Å²) in [5.74, 6) is 0.856. The highest BCUT2D eigenvalue weighted by atomic mass is 14.9. The van der Waals surface area contributed by atoms with Crippen LogP contribution < -0.4 is 11.1 Å². The zero-order valence-corrected chi connectivity index (χ0v) is 9.98. The van der Waals surface area contributed by atoms with Gasteiger partial charge in [0.1, 0.15) is 0 Å². The first-order valence-corrected chi connectivity index (χ1v) is 6.13. The summed E-state index contributed by atoms with van der Waals surface area (Å²) >= 11 is 0. The minimum absolute atomic E-state index is 0.616. The summed E-state index contributed by atoms with van der Waals surface area (Å²) in [5, 5.41) is 5.79. The van der Waals surface area contributed by atoms with Crippen molar-refractivity contribution in [2.75, 3.05) is 11.1 Å². The molecule has 0 atom stereocenters. The molecule has 0 bridgehead atoms. The number of rotatable bonds is 2. The normalized spacial score (nSPS) is 23.4. The van der Waals surface area contributed by atoms with Crippen LogP contribution in [0.4, 0.5) is 11.4 Å². The van der Waals surface area contributed by atoms with Gasteiger partial charge in [-0.3, -0.25) is 4.98 Å². The topological polar surface area (TPSA) is 50.9 Å². The summed E-state index contributed by atoms with van der Waals surface area (Å²) in [7, 11) is 0. The molecule has 0 radical (unpaired) electrons. The van der Waals surface area contributed by atoms with E-state index in [1.807, 2.05) is 24.5 Å². The number of nitrogens with two attached hydrogens (primary N) is 1. The van der Waals surface area contributed by atoms with Crippen molar-refractivity contribution < 1.29 is 0 Å². The van der Waals surface area contributed by atoms with Gasteiger partial charge in [0.05, 0.1) is 0 Å². The number of anilines is 2. The first kappa shape index (κ1) is 10.4. The molecule has 1 fully saturated rings. The van der Waals surface area contributed by atoms with Crippen LogP contribution in [0.1, 0.15) is 19.8 Å². The predicted molar refractivity (Wildman–Crippen MR) is 72.0 cm³/mol. The van der Waals surface area contributed by atoms with Crippen LogP contribution in [0.3, 0.4) is 0 Å². The summed E-state index contributed by atoms with van der Waals surface area (Å²) in [6.07, 6.45) is 6.17. The van der Waals surface area contributed by atoms with Crippen LogP contribution in [-0.4, -0.2) is 11.0 Å². The van der Waals surface area contributed by atoms with Crippen LogP contribution in [0.2, 0.25) is 0 Å². The van der Waals surface area contributed by atoms with Crippen molar-refractivity contribution in [3.63, 3.8) is 0 Å². The smallest absolute Gasteiger partial charge is 0.0424 e. The van der Waals surface area contributed by atoms with E-state index >= 15 is 0 Å². The van der Waals surface area contributed by atoms with Crippen LogP contribution in [-0.2, 0) is 0 Å². The Hall–Kier alpha value is -1.77. The van der Waals surface area contributed by atoms with Crippen molar-refractivity contribution in [3.8, 4) is 0 Å². The second-order valence-corrected chi connectivity index (χ2v) is 5.04. The van der Waals surface area contributed by atoms with E-state index in [4.69, 9.17) is 5.73 Å². The molecule has 17 heavy (non-hydrogen) atoms. The van der Waals surface area contributed by atoms with E-state index in [1.165, 1.54) is 23.9 Å². The van der Waals surface area contributed by atoms with Crippen molar-refractivity contribution in [3.05, 3.63) is 30.6 Å². The van der Waals surface area contributed by atoms with Gasteiger partial charge in [0.2, 0.25) is 0 Å². The lowest BCUT2D eigenvalue weighted by molar-refractivity contribution is 0.309. The van der Waals surface area contributed by atoms with Gasteiger partial charge >= 0.3 is 0 Å². The molecule has 3 rings (SSSR count). The molecule has 0 unspecified atom stereocenters. The van der Waals surface area contributed by atoms with Crippen molar-refractivity contribution in [2.45, 2.75) is 25.8 Å². The lowest BCUT2D eigenvalue weighted by Crippen LogP contribution is -2.33. The van der Waals surface area contributed by atoms with Gasteiger partial charge in [-0.15, -0.1) is 0 Å². The van der Waals surface area contributed by atoms with E-state index in [9.17, 15) is 0 Å². The minimum Gasteiger partial charge on any atom is -0.398 e. The van der Waals surface area contributed by atoms with E-state index in [0.29, 0.717) is 6.04 Å². The molecule has 88 valence electrons. The van der Waals surface area contributed by atoms with Crippen LogP contribution in [0, 0.1) is 5.92 Å². The third kappa shape index (κ3) is 1.82. The van der Waals surface area contributed by atoms with Crippen LogP contribution in [0.5, 0.6) is 0 Å². The fourth-order valence-electron chi connectivity index (χ4n) is 2.58. The molecular weight excluding hydrogens is 210 g/mol. The highest BCUT2D eigenvalue weighted by Crippen LogP contribution is 2.33. The highest BCUT2D eigenvalue weighted by Gasteiger charge is 2.25. The van der Waals surface area contributed by atoms with Crippen LogP contribution in [0.15, 0.2) is 30.6 Å². The Kier molecular flexibility index (Phi) is 2.39. The molecule has 2 aromatic rings. The molecule has 0 aliphatic heterocycles. The number of benzene rings is 1. The Bertz CT molecular complexity index is 544. The molecule has 1 aliphatic rings. The Morgan fingerprint density at radius 1 is 1.24 bits per heavy atom. The third-order valence-corrected chi connectivity index (χ3v) is 3.59. The molecule has 1 aromatic carbocycles. The minimum atomic E-state index is 0.616. The SMILES string of the molecule is CC1CC(Nc2ccc(N)c3cnccc23)C1. The van der Waals surface area contributed by atoms with Crippen LogP contribution >= 0.6 is 0 Å². The molecule has 1 saturated carbocycles. The molecule has 1 aromatic heterocycles. The maximum Gasteiger partial charge on any atom is 0.0424 e. The standard InChI is InChI=1S/C14H17N3/c1-9-6-10(7-9)17-14-3-2-13(15)12-8-16-5-4-11(12)14/h2-5,8-10,17H,6-7,15H2,1H3. The monoisotopic (exact) mass is 227 g/mol. The second-order valence-electron chi connectivity index (χ2n) is 5.04. The molecule has 1 heterocycles. The fraction of sp³-hybridized carbons (Fsp3) is 0.357. The van der Waals surface area contributed by atoms with Crippen LogP contribution in [0.25, 0.3) is 10.8 Å². The second kappa shape index (κ2) is 3.91. The van der Waals surface area contributed by atoms with Crippen molar-refractivity contribution in [1.82, 2.24) is 4.98 Å². The molecule has 3 nitrogen and oxygen atoms in total. The highest BCUT2D eigenvalue weighted by molar-refractivity contribution is 6.00. The largest absolute Gasteiger partial charge is 0.398 e. The Morgan fingerprint density at radius 3 is 2.82 bits per heavy atom. The summed E-state index contributed by atoms with van der Waals surface area (Å²) in [6.45, 7) is 2.29. The van der Waals surface area contributed by atoms with Gasteiger partial charge in [0.15, 0.2) is 0 Å². The Balaban J connectivity index is 1.96. The number of hydrogen-bond acceptors (Lipinski definition) is 3. The molecule has 3 heteroatoms. The van der Waals surface area contributed by atoms with Gasteiger partial charge in [0.25, 0.3) is 0 Å². The zero-order valence-electron chi connectivity index (χ0n) is 9.98. The summed E-state index contributed by atoms with van der Waals surface area (Å²) in [4.78, 5) is 4.13. The lowest BCUT2D eigenvalue weighted by Gasteiger charge is -2.34. The number of aromatic nitrogens is 1. The van der Waals surface area contributed by atoms with Gasteiger partial charge in [-0.2, -0.15) is 0 Å². The number of nitrogen functional groups attached to an aromatic ring is 1. The third-order valence-electron chi connectivity index (χ3n) is 3.59. The quantitative estimate of drug-likeness (QED) is 0.775. The van der Waals surface area contributed by atoms with Gasteiger partial charge in [-0.05, 0) is 37.0 Å². The van der Waals surface area contributed by atoms with E-state index in [0.717, 1.165) is 17.0 Å². The molecule has 3 N–H and O–H groups in total. The molecule has 0 amide bonds. The summed E-state index contributed by atoms with van der Waals surface area (Å²) in [5.41, 5.74) is 7.92. The molecular formula is C14H17N3. The van der Waals surface area contributed by atoms with Gasteiger partial charge in [-0.25, -0.2) is 0 Å². The summed E-state index contributed by atoms with van der Waals surface area (Å²) in [6, 6.07) is 6.66. The Labute approximate surface area is 101 Å². The average Bonchev–Trinajstić information content (AvgIpc) is 2.31. The number of nitrogens with one attached hydrogen (secondary N) is 1. The molecule has 0 spiro atoms. The number of fused-ring (bicyclic) bond motifs is 1. The number of nitrogens with zero attached hydrogens (tertiary/aromatic N) is 1.